The standard InChI is InChI=1S/C11H18N2O2/c1-13-6-4-10(9-13)8-11(14)12-5-3-7-15-2/h4,6,9H,3,5,7-8H2,1-2H3,(H,12,14). The molecule has 0 saturated heterocycles. The summed E-state index contributed by atoms with van der Waals surface area (Å²) in [5, 5.41) is 2.85. The van der Waals surface area contributed by atoms with Gasteiger partial charge in [0.05, 0.1) is 6.42 Å². The summed E-state index contributed by atoms with van der Waals surface area (Å²) in [6.45, 7) is 1.37. The first-order chi connectivity index (χ1) is 7.22. The van der Waals surface area contributed by atoms with Crippen LogP contribution in [0.5, 0.6) is 0 Å². The van der Waals surface area contributed by atoms with Crippen molar-refractivity contribution in [2.45, 2.75) is 12.8 Å². The van der Waals surface area contributed by atoms with Gasteiger partial charge in [0.25, 0.3) is 0 Å². The van der Waals surface area contributed by atoms with E-state index in [1.165, 1.54) is 0 Å². The summed E-state index contributed by atoms with van der Waals surface area (Å²) in [4.78, 5) is 11.4. The van der Waals surface area contributed by atoms with Crippen LogP contribution in [-0.2, 0) is 23.0 Å². The van der Waals surface area contributed by atoms with E-state index in [1.54, 1.807) is 7.11 Å². The second-order valence-corrected chi connectivity index (χ2v) is 3.56. The molecule has 15 heavy (non-hydrogen) atoms. The minimum Gasteiger partial charge on any atom is -0.385 e. The highest BCUT2D eigenvalue weighted by molar-refractivity contribution is 5.78. The predicted molar refractivity (Wildman–Crippen MR) is 58.6 cm³/mol. The fourth-order valence-electron chi connectivity index (χ4n) is 1.36. The van der Waals surface area contributed by atoms with Crippen molar-refractivity contribution in [3.8, 4) is 0 Å². The molecule has 0 aromatic carbocycles. The molecule has 4 nitrogen and oxygen atoms in total. The number of aryl methyl sites for hydroxylation is 1. The monoisotopic (exact) mass is 210 g/mol. The molecule has 1 aromatic heterocycles. The van der Waals surface area contributed by atoms with Crippen molar-refractivity contribution < 1.29 is 9.53 Å². The van der Waals surface area contributed by atoms with E-state index in [4.69, 9.17) is 4.74 Å². The molecule has 0 aliphatic carbocycles. The summed E-state index contributed by atoms with van der Waals surface area (Å²) in [6, 6.07) is 1.95. The van der Waals surface area contributed by atoms with E-state index < -0.39 is 0 Å². The maximum atomic E-state index is 11.4. The number of amides is 1. The average molecular weight is 210 g/mol. The van der Waals surface area contributed by atoms with Crippen molar-refractivity contribution in [2.24, 2.45) is 7.05 Å². The minimum atomic E-state index is 0.0669. The van der Waals surface area contributed by atoms with E-state index in [1.807, 2.05) is 30.1 Å². The Morgan fingerprint density at radius 2 is 2.40 bits per heavy atom. The molecule has 1 heterocycles. The second-order valence-electron chi connectivity index (χ2n) is 3.56. The molecule has 0 radical (unpaired) electrons. The third-order valence-electron chi connectivity index (χ3n) is 2.11. The maximum Gasteiger partial charge on any atom is 0.224 e. The summed E-state index contributed by atoms with van der Waals surface area (Å²) in [7, 11) is 3.60. The van der Waals surface area contributed by atoms with Gasteiger partial charge in [-0.3, -0.25) is 4.79 Å². The minimum absolute atomic E-state index is 0.0669. The Hall–Kier alpha value is -1.29. The summed E-state index contributed by atoms with van der Waals surface area (Å²) in [5.41, 5.74) is 1.04. The number of aromatic nitrogens is 1. The van der Waals surface area contributed by atoms with E-state index in [-0.39, 0.29) is 5.91 Å². The van der Waals surface area contributed by atoms with E-state index >= 15 is 0 Å². The number of rotatable bonds is 6. The van der Waals surface area contributed by atoms with Crippen LogP contribution in [0.4, 0.5) is 0 Å². The van der Waals surface area contributed by atoms with Crippen LogP contribution in [0.2, 0.25) is 0 Å². The molecular formula is C11H18N2O2. The molecule has 84 valence electrons. The zero-order chi connectivity index (χ0) is 11.1. The predicted octanol–water partition coefficient (Wildman–Crippen LogP) is 0.720. The highest BCUT2D eigenvalue weighted by Gasteiger charge is 2.03. The summed E-state index contributed by atoms with van der Waals surface area (Å²) in [5.74, 6) is 0.0669. The van der Waals surface area contributed by atoms with Gasteiger partial charge in [-0.05, 0) is 18.1 Å². The number of nitrogens with one attached hydrogen (secondary N) is 1. The van der Waals surface area contributed by atoms with Gasteiger partial charge < -0.3 is 14.6 Å². The first-order valence-corrected chi connectivity index (χ1v) is 5.09. The number of carbonyl (C=O) groups excluding carboxylic acids is 1. The Labute approximate surface area is 90.2 Å². The van der Waals surface area contributed by atoms with Gasteiger partial charge in [0.1, 0.15) is 0 Å². The average Bonchev–Trinajstić information content (AvgIpc) is 2.59. The SMILES string of the molecule is COCCCNC(=O)Cc1ccn(C)c1. The number of hydrogen-bond acceptors (Lipinski definition) is 2. The van der Waals surface area contributed by atoms with Crippen LogP contribution >= 0.6 is 0 Å². The highest BCUT2D eigenvalue weighted by atomic mass is 16.5. The number of nitrogens with zero attached hydrogens (tertiary/aromatic N) is 1. The van der Waals surface area contributed by atoms with Gasteiger partial charge in [-0.25, -0.2) is 0 Å². The van der Waals surface area contributed by atoms with Crippen molar-refractivity contribution in [1.29, 1.82) is 0 Å². The van der Waals surface area contributed by atoms with Gasteiger partial charge in [-0.1, -0.05) is 0 Å². The lowest BCUT2D eigenvalue weighted by molar-refractivity contribution is -0.120. The Bertz CT molecular complexity index is 307. The third-order valence-corrected chi connectivity index (χ3v) is 2.11. The zero-order valence-electron chi connectivity index (χ0n) is 9.32. The van der Waals surface area contributed by atoms with Crippen molar-refractivity contribution >= 4 is 5.91 Å². The van der Waals surface area contributed by atoms with Crippen LogP contribution in [-0.4, -0.2) is 30.7 Å². The van der Waals surface area contributed by atoms with E-state index in [0.29, 0.717) is 19.6 Å². The molecule has 1 aromatic rings. The quantitative estimate of drug-likeness (QED) is 0.703. The fourth-order valence-corrected chi connectivity index (χ4v) is 1.36. The summed E-state index contributed by atoms with van der Waals surface area (Å²) < 4.78 is 6.83. The van der Waals surface area contributed by atoms with Crippen molar-refractivity contribution in [3.63, 3.8) is 0 Å². The zero-order valence-corrected chi connectivity index (χ0v) is 9.32. The van der Waals surface area contributed by atoms with Gasteiger partial charge in [0, 0.05) is 39.7 Å². The molecule has 1 amide bonds. The molecule has 4 heteroatoms. The molecule has 0 saturated carbocycles. The van der Waals surface area contributed by atoms with Gasteiger partial charge >= 0.3 is 0 Å². The molecule has 0 aliphatic rings. The summed E-state index contributed by atoms with van der Waals surface area (Å²) >= 11 is 0. The lowest BCUT2D eigenvalue weighted by atomic mass is 10.2. The largest absolute Gasteiger partial charge is 0.385 e. The van der Waals surface area contributed by atoms with Gasteiger partial charge in [0.15, 0.2) is 0 Å². The van der Waals surface area contributed by atoms with Gasteiger partial charge in [-0.15, -0.1) is 0 Å². The maximum absolute atomic E-state index is 11.4. The van der Waals surface area contributed by atoms with Crippen molar-refractivity contribution in [1.82, 2.24) is 9.88 Å². The van der Waals surface area contributed by atoms with E-state index in [2.05, 4.69) is 5.32 Å². The van der Waals surface area contributed by atoms with Crippen LogP contribution in [0, 0.1) is 0 Å². The van der Waals surface area contributed by atoms with E-state index in [0.717, 1.165) is 12.0 Å². The molecule has 1 rings (SSSR count). The molecule has 0 fully saturated rings. The highest BCUT2D eigenvalue weighted by Crippen LogP contribution is 2.00. The van der Waals surface area contributed by atoms with Crippen LogP contribution in [0.1, 0.15) is 12.0 Å². The molecule has 0 bridgehead atoms. The Kier molecular flexibility index (Phi) is 4.90. The molecule has 0 atom stereocenters. The Balaban J connectivity index is 2.18. The van der Waals surface area contributed by atoms with Crippen LogP contribution in [0.3, 0.4) is 0 Å². The van der Waals surface area contributed by atoms with Crippen molar-refractivity contribution in [2.75, 3.05) is 20.3 Å². The number of methoxy groups -OCH3 is 1. The van der Waals surface area contributed by atoms with Crippen LogP contribution < -0.4 is 5.32 Å². The smallest absolute Gasteiger partial charge is 0.224 e. The third kappa shape index (κ3) is 4.65. The normalized spacial score (nSPS) is 10.3. The van der Waals surface area contributed by atoms with Gasteiger partial charge in [0.2, 0.25) is 5.91 Å². The molecular weight excluding hydrogens is 192 g/mol. The molecule has 0 spiro atoms. The fraction of sp³-hybridized carbons (Fsp3) is 0.545. The Morgan fingerprint density at radius 3 is 3.00 bits per heavy atom. The van der Waals surface area contributed by atoms with Crippen molar-refractivity contribution in [3.05, 3.63) is 24.0 Å². The molecule has 1 N–H and O–H groups in total. The lowest BCUT2D eigenvalue weighted by Gasteiger charge is -2.03. The first kappa shape index (κ1) is 11.8. The Morgan fingerprint density at radius 1 is 1.60 bits per heavy atom. The topological polar surface area (TPSA) is 43.3 Å². The number of hydrogen-bond donors (Lipinski definition) is 1. The van der Waals surface area contributed by atoms with E-state index in [9.17, 15) is 4.79 Å². The molecule has 0 aliphatic heterocycles. The lowest BCUT2D eigenvalue weighted by Crippen LogP contribution is -2.26. The second kappa shape index (κ2) is 6.24. The van der Waals surface area contributed by atoms with Gasteiger partial charge in [-0.2, -0.15) is 0 Å². The summed E-state index contributed by atoms with van der Waals surface area (Å²) in [6.07, 6.45) is 5.20. The first-order valence-electron chi connectivity index (χ1n) is 5.09. The number of ether oxygens (including phenoxy) is 1. The van der Waals surface area contributed by atoms with Crippen LogP contribution in [0.15, 0.2) is 18.5 Å². The number of carbonyl (C=O) groups is 1. The molecule has 0 unspecified atom stereocenters. The van der Waals surface area contributed by atoms with Crippen LogP contribution in [0.25, 0.3) is 0 Å².